The first-order chi connectivity index (χ1) is 12.5. The zero-order chi connectivity index (χ0) is 18.5. The molecule has 2 saturated heterocycles. The highest BCUT2D eigenvalue weighted by Crippen LogP contribution is 2.24. The molecule has 2 amide bonds. The van der Waals surface area contributed by atoms with Gasteiger partial charge >= 0.3 is 0 Å². The lowest BCUT2D eigenvalue weighted by Gasteiger charge is -2.35. The lowest BCUT2D eigenvalue weighted by Crippen LogP contribution is -2.47. The quantitative estimate of drug-likeness (QED) is 0.714. The molecule has 2 aliphatic rings. The number of morpholine rings is 1. The van der Waals surface area contributed by atoms with E-state index in [0.717, 1.165) is 0 Å². The van der Waals surface area contributed by atoms with Crippen molar-refractivity contribution in [2.75, 3.05) is 39.4 Å². The number of thiophene rings is 1. The van der Waals surface area contributed by atoms with Crippen molar-refractivity contribution in [3.05, 3.63) is 21.3 Å². The first-order valence-corrected chi connectivity index (χ1v) is 10.2. The summed E-state index contributed by atoms with van der Waals surface area (Å²) < 4.78 is 5.86. The molecule has 2 fully saturated rings. The fourth-order valence-corrected chi connectivity index (χ4v) is 4.39. The average molecular weight is 399 g/mol. The summed E-state index contributed by atoms with van der Waals surface area (Å²) in [7, 11) is 0. The van der Waals surface area contributed by atoms with Gasteiger partial charge in [-0.25, -0.2) is 0 Å². The number of rotatable bonds is 5. The zero-order valence-corrected chi connectivity index (χ0v) is 16.2. The number of ketones is 1. The van der Waals surface area contributed by atoms with Crippen LogP contribution in [0.3, 0.4) is 0 Å². The molecule has 0 aromatic carbocycles. The van der Waals surface area contributed by atoms with Crippen molar-refractivity contribution < 1.29 is 19.1 Å². The molecule has 8 heteroatoms. The Morgan fingerprint density at radius 1 is 1.04 bits per heavy atom. The van der Waals surface area contributed by atoms with E-state index in [0.29, 0.717) is 61.4 Å². The number of carbonyl (C=O) groups excluding carboxylic acids is 3. The normalized spacial score (nSPS) is 18.8. The molecule has 0 unspecified atom stereocenters. The van der Waals surface area contributed by atoms with Gasteiger partial charge in [0, 0.05) is 44.9 Å². The van der Waals surface area contributed by atoms with E-state index in [9.17, 15) is 14.4 Å². The highest BCUT2D eigenvalue weighted by molar-refractivity contribution is 7.18. The Hall–Kier alpha value is -1.44. The molecule has 0 aliphatic carbocycles. The van der Waals surface area contributed by atoms with Crippen LogP contribution in [-0.2, 0) is 14.3 Å². The molecule has 0 bridgehead atoms. The van der Waals surface area contributed by atoms with E-state index >= 15 is 0 Å². The number of halogens is 1. The van der Waals surface area contributed by atoms with Crippen LogP contribution in [-0.4, -0.2) is 66.8 Å². The molecule has 26 heavy (non-hydrogen) atoms. The second-order valence-corrected chi connectivity index (χ2v) is 8.33. The van der Waals surface area contributed by atoms with Crippen molar-refractivity contribution in [1.82, 2.24) is 9.80 Å². The maximum absolute atomic E-state index is 12.5. The molecule has 0 saturated carbocycles. The van der Waals surface area contributed by atoms with Crippen molar-refractivity contribution >= 4 is 40.5 Å². The Kier molecular flexibility index (Phi) is 6.67. The molecule has 2 aliphatic heterocycles. The SMILES string of the molecule is O=C(CCC(=O)N1CCC(C(=O)N2CCOCC2)CC1)c1ccc(Cl)s1. The Balaban J connectivity index is 1.41. The van der Waals surface area contributed by atoms with Crippen molar-refractivity contribution in [2.45, 2.75) is 25.7 Å². The number of hydrogen-bond donors (Lipinski definition) is 0. The predicted octanol–water partition coefficient (Wildman–Crippen LogP) is 2.46. The van der Waals surface area contributed by atoms with Crippen LogP contribution in [0.1, 0.15) is 35.4 Å². The summed E-state index contributed by atoms with van der Waals surface area (Å²) in [5.74, 6) is 0.114. The lowest BCUT2D eigenvalue weighted by atomic mass is 9.94. The molecule has 0 radical (unpaired) electrons. The molecular formula is C18H23ClN2O4S. The fourth-order valence-electron chi connectivity index (χ4n) is 3.38. The summed E-state index contributed by atoms with van der Waals surface area (Å²) in [6.45, 7) is 3.69. The van der Waals surface area contributed by atoms with Gasteiger partial charge in [0.15, 0.2) is 5.78 Å². The monoisotopic (exact) mass is 398 g/mol. The van der Waals surface area contributed by atoms with Gasteiger partial charge in [-0.3, -0.25) is 14.4 Å². The van der Waals surface area contributed by atoms with Crippen LogP contribution in [0.15, 0.2) is 12.1 Å². The number of hydrogen-bond acceptors (Lipinski definition) is 5. The Morgan fingerprint density at radius 2 is 1.73 bits per heavy atom. The Morgan fingerprint density at radius 3 is 2.35 bits per heavy atom. The third-order valence-electron chi connectivity index (χ3n) is 4.93. The van der Waals surface area contributed by atoms with Crippen LogP contribution in [0.4, 0.5) is 0 Å². The van der Waals surface area contributed by atoms with Gasteiger partial charge in [0.2, 0.25) is 11.8 Å². The van der Waals surface area contributed by atoms with Gasteiger partial charge in [0.05, 0.1) is 22.4 Å². The average Bonchev–Trinajstić information content (AvgIpc) is 3.12. The van der Waals surface area contributed by atoms with Crippen LogP contribution >= 0.6 is 22.9 Å². The van der Waals surface area contributed by atoms with Crippen LogP contribution in [0, 0.1) is 5.92 Å². The van der Waals surface area contributed by atoms with E-state index in [4.69, 9.17) is 16.3 Å². The summed E-state index contributed by atoms with van der Waals surface area (Å²) >= 11 is 7.08. The lowest BCUT2D eigenvalue weighted by molar-refractivity contribution is -0.143. The van der Waals surface area contributed by atoms with Crippen LogP contribution in [0.25, 0.3) is 0 Å². The van der Waals surface area contributed by atoms with E-state index in [1.807, 2.05) is 4.90 Å². The molecule has 3 rings (SSSR count). The number of piperidine rings is 1. The summed E-state index contributed by atoms with van der Waals surface area (Å²) in [6.07, 6.45) is 1.78. The highest BCUT2D eigenvalue weighted by atomic mass is 35.5. The van der Waals surface area contributed by atoms with Gasteiger partial charge < -0.3 is 14.5 Å². The third-order valence-corrected chi connectivity index (χ3v) is 6.21. The number of ether oxygens (including phenoxy) is 1. The van der Waals surface area contributed by atoms with Crippen LogP contribution < -0.4 is 0 Å². The summed E-state index contributed by atoms with van der Waals surface area (Å²) in [5.41, 5.74) is 0. The number of amides is 2. The van der Waals surface area contributed by atoms with E-state index in [-0.39, 0.29) is 36.4 Å². The van der Waals surface area contributed by atoms with Gasteiger partial charge in [0.1, 0.15) is 0 Å². The Bertz CT molecular complexity index is 664. The Labute approximate surface area is 162 Å². The number of carbonyl (C=O) groups is 3. The molecule has 3 heterocycles. The third kappa shape index (κ3) is 4.84. The second-order valence-electron chi connectivity index (χ2n) is 6.62. The predicted molar refractivity (Wildman–Crippen MR) is 99.6 cm³/mol. The first-order valence-electron chi connectivity index (χ1n) is 8.97. The summed E-state index contributed by atoms with van der Waals surface area (Å²) in [5, 5.41) is 0. The highest BCUT2D eigenvalue weighted by Gasteiger charge is 2.30. The van der Waals surface area contributed by atoms with Crippen LogP contribution in [0.2, 0.25) is 4.34 Å². The van der Waals surface area contributed by atoms with Crippen molar-refractivity contribution in [1.29, 1.82) is 0 Å². The largest absolute Gasteiger partial charge is 0.378 e. The number of Topliss-reactive ketones (excluding diaryl/α,β-unsaturated/α-hetero) is 1. The summed E-state index contributed by atoms with van der Waals surface area (Å²) in [4.78, 5) is 41.2. The fraction of sp³-hybridized carbons (Fsp3) is 0.611. The van der Waals surface area contributed by atoms with Crippen molar-refractivity contribution in [3.8, 4) is 0 Å². The van der Waals surface area contributed by atoms with Crippen molar-refractivity contribution in [2.24, 2.45) is 5.92 Å². The van der Waals surface area contributed by atoms with Crippen molar-refractivity contribution in [3.63, 3.8) is 0 Å². The smallest absolute Gasteiger partial charge is 0.225 e. The molecule has 6 nitrogen and oxygen atoms in total. The van der Waals surface area contributed by atoms with Gasteiger partial charge in [0.25, 0.3) is 0 Å². The van der Waals surface area contributed by atoms with E-state index in [1.165, 1.54) is 11.3 Å². The van der Waals surface area contributed by atoms with Crippen LogP contribution in [0.5, 0.6) is 0 Å². The van der Waals surface area contributed by atoms with E-state index in [1.54, 1.807) is 17.0 Å². The van der Waals surface area contributed by atoms with Gasteiger partial charge in [-0.1, -0.05) is 11.6 Å². The zero-order valence-electron chi connectivity index (χ0n) is 14.6. The first kappa shape index (κ1) is 19.3. The molecular weight excluding hydrogens is 376 g/mol. The molecule has 0 spiro atoms. The molecule has 1 aromatic rings. The minimum atomic E-state index is -0.0485. The van der Waals surface area contributed by atoms with Gasteiger partial charge in [-0.15, -0.1) is 11.3 Å². The van der Waals surface area contributed by atoms with E-state index in [2.05, 4.69) is 0 Å². The maximum atomic E-state index is 12.5. The number of likely N-dealkylation sites (tertiary alicyclic amines) is 1. The van der Waals surface area contributed by atoms with E-state index < -0.39 is 0 Å². The van der Waals surface area contributed by atoms with Gasteiger partial charge in [-0.2, -0.15) is 0 Å². The number of nitrogens with zero attached hydrogens (tertiary/aromatic N) is 2. The standard InChI is InChI=1S/C18H23ClN2O4S/c19-16-3-2-15(26-16)14(22)1-4-17(23)20-7-5-13(6-8-20)18(24)21-9-11-25-12-10-21/h2-3,13H,1,4-12H2. The minimum absolute atomic E-state index is 0.00737. The molecule has 1 aromatic heterocycles. The second kappa shape index (κ2) is 8.97. The van der Waals surface area contributed by atoms with Gasteiger partial charge in [-0.05, 0) is 25.0 Å². The topological polar surface area (TPSA) is 66.9 Å². The molecule has 0 atom stereocenters. The summed E-state index contributed by atoms with van der Waals surface area (Å²) in [6, 6.07) is 3.39. The molecule has 0 N–H and O–H groups in total. The minimum Gasteiger partial charge on any atom is -0.378 e. The molecule has 142 valence electrons. The maximum Gasteiger partial charge on any atom is 0.225 e.